The predicted octanol–water partition coefficient (Wildman–Crippen LogP) is 6.39. The third-order valence-corrected chi connectivity index (χ3v) is 8.60. The quantitative estimate of drug-likeness (QED) is 0.226. The Morgan fingerprint density at radius 1 is 1.11 bits per heavy atom. The maximum Gasteiger partial charge on any atom is 0.268 e. The summed E-state index contributed by atoms with van der Waals surface area (Å²) in [5.41, 5.74) is 2.54. The van der Waals surface area contributed by atoms with Crippen LogP contribution in [0, 0.1) is 0 Å². The van der Waals surface area contributed by atoms with Crippen molar-refractivity contribution in [2.24, 2.45) is 0 Å². The molecule has 1 fully saturated rings. The Morgan fingerprint density at radius 2 is 1.83 bits per heavy atom. The van der Waals surface area contributed by atoms with Gasteiger partial charge in [0.2, 0.25) is 5.91 Å². The van der Waals surface area contributed by atoms with Crippen molar-refractivity contribution in [2.75, 3.05) is 6.54 Å². The zero-order valence-corrected chi connectivity index (χ0v) is 21.6. The van der Waals surface area contributed by atoms with E-state index < -0.39 is 0 Å². The highest BCUT2D eigenvalue weighted by molar-refractivity contribution is 8.00. The maximum absolute atomic E-state index is 14.0. The van der Waals surface area contributed by atoms with Crippen LogP contribution in [0.15, 0.2) is 76.0 Å². The van der Waals surface area contributed by atoms with Gasteiger partial charge in [-0.25, -0.2) is 4.98 Å². The smallest absolute Gasteiger partial charge is 0.268 e. The monoisotopic (exact) mass is 503 g/mol. The molecule has 180 valence electrons. The number of nitrogens with zero attached hydrogens (tertiary/aromatic N) is 3. The Hall–Kier alpha value is -2.90. The summed E-state index contributed by atoms with van der Waals surface area (Å²) in [7, 11) is 0. The van der Waals surface area contributed by atoms with Crippen molar-refractivity contribution in [1.29, 1.82) is 0 Å². The molecule has 0 bridgehead atoms. The van der Waals surface area contributed by atoms with Crippen molar-refractivity contribution in [2.45, 2.75) is 56.0 Å². The fourth-order valence-electron chi connectivity index (χ4n) is 4.84. The van der Waals surface area contributed by atoms with Gasteiger partial charge in [-0.05, 0) is 50.3 Å². The zero-order chi connectivity index (χ0) is 24.4. The second kappa shape index (κ2) is 10.4. The van der Waals surface area contributed by atoms with Crippen LogP contribution < -0.4 is 5.56 Å². The van der Waals surface area contributed by atoms with Crippen LogP contribution in [-0.4, -0.2) is 38.2 Å². The van der Waals surface area contributed by atoms with E-state index in [4.69, 9.17) is 4.98 Å². The van der Waals surface area contributed by atoms with E-state index in [-0.39, 0.29) is 16.7 Å². The summed E-state index contributed by atoms with van der Waals surface area (Å²) in [4.78, 5) is 35.1. The second-order valence-corrected chi connectivity index (χ2v) is 11.1. The first kappa shape index (κ1) is 23.8. The summed E-state index contributed by atoms with van der Waals surface area (Å²) >= 11 is 2.86. The van der Waals surface area contributed by atoms with E-state index in [0.29, 0.717) is 21.4 Å². The zero-order valence-electron chi connectivity index (χ0n) is 20.0. The van der Waals surface area contributed by atoms with Gasteiger partial charge in [-0.3, -0.25) is 14.2 Å². The molecule has 35 heavy (non-hydrogen) atoms. The van der Waals surface area contributed by atoms with E-state index >= 15 is 0 Å². The first-order chi connectivity index (χ1) is 17.1. The molecule has 1 saturated heterocycles. The summed E-state index contributed by atoms with van der Waals surface area (Å²) in [6, 6.07) is 19.8. The van der Waals surface area contributed by atoms with Gasteiger partial charge >= 0.3 is 0 Å². The Balaban J connectivity index is 1.58. The van der Waals surface area contributed by atoms with E-state index in [0.717, 1.165) is 42.6 Å². The number of thioether (sulfide) groups is 1. The summed E-state index contributed by atoms with van der Waals surface area (Å²) in [6.07, 6.45) is 4.27. The first-order valence-corrected chi connectivity index (χ1v) is 14.0. The van der Waals surface area contributed by atoms with Gasteiger partial charge in [0, 0.05) is 23.5 Å². The number of carbonyl (C=O) groups excluding carboxylic acids is 1. The van der Waals surface area contributed by atoms with Gasteiger partial charge in [0.1, 0.15) is 4.83 Å². The molecule has 0 spiro atoms. The van der Waals surface area contributed by atoms with Crippen molar-refractivity contribution in [3.63, 3.8) is 0 Å². The maximum atomic E-state index is 14.0. The third-order valence-electron chi connectivity index (χ3n) is 6.69. The molecule has 0 radical (unpaired) electrons. The molecule has 1 aliphatic heterocycles. The molecule has 2 aromatic heterocycles. The third kappa shape index (κ3) is 4.67. The van der Waals surface area contributed by atoms with Gasteiger partial charge in [0.05, 0.1) is 16.3 Å². The number of carbonyl (C=O) groups is 1. The molecule has 4 aromatic rings. The lowest BCUT2D eigenvalue weighted by molar-refractivity contribution is -0.134. The molecule has 3 heterocycles. The normalized spacial score (nSPS) is 17.0. The Labute approximate surface area is 213 Å². The summed E-state index contributed by atoms with van der Waals surface area (Å²) in [5, 5.41) is 2.85. The average Bonchev–Trinajstić information content (AvgIpc) is 3.33. The number of piperidine rings is 1. The van der Waals surface area contributed by atoms with Gasteiger partial charge in [-0.1, -0.05) is 67.2 Å². The molecule has 0 N–H and O–H groups in total. The largest absolute Gasteiger partial charge is 0.339 e. The van der Waals surface area contributed by atoms with E-state index in [1.165, 1.54) is 29.5 Å². The molecule has 0 aliphatic carbocycles. The van der Waals surface area contributed by atoms with Crippen molar-refractivity contribution in [3.8, 4) is 16.8 Å². The highest BCUT2D eigenvalue weighted by atomic mass is 32.2. The number of fused-ring (bicyclic) bond motifs is 1. The second-order valence-electron chi connectivity index (χ2n) is 8.92. The minimum atomic E-state index is -0.338. The highest BCUT2D eigenvalue weighted by Crippen LogP contribution is 2.34. The summed E-state index contributed by atoms with van der Waals surface area (Å²) in [6.45, 7) is 4.90. The van der Waals surface area contributed by atoms with E-state index in [1.54, 1.807) is 4.57 Å². The summed E-state index contributed by atoms with van der Waals surface area (Å²) in [5.74, 6) is 0.131. The van der Waals surface area contributed by atoms with E-state index in [2.05, 4.69) is 6.92 Å². The average molecular weight is 504 g/mol. The SMILES string of the molecule is CCC1CCCCN1C(=O)C(C)Sc1nc2scc(-c3ccccc3)c2c(=O)n1-c1ccccc1. The molecule has 1 amide bonds. The summed E-state index contributed by atoms with van der Waals surface area (Å²) < 4.78 is 1.67. The molecular formula is C28H29N3O2S2. The van der Waals surface area contributed by atoms with Crippen molar-refractivity contribution >= 4 is 39.2 Å². The lowest BCUT2D eigenvalue weighted by atomic mass is 10.00. The minimum absolute atomic E-state index is 0.104. The minimum Gasteiger partial charge on any atom is -0.339 e. The molecule has 7 heteroatoms. The van der Waals surface area contributed by atoms with Crippen LogP contribution >= 0.6 is 23.1 Å². The van der Waals surface area contributed by atoms with Gasteiger partial charge in [0.25, 0.3) is 5.56 Å². The molecule has 5 rings (SSSR count). The lowest BCUT2D eigenvalue weighted by Crippen LogP contribution is -2.46. The van der Waals surface area contributed by atoms with E-state index in [1.807, 2.05) is 77.9 Å². The lowest BCUT2D eigenvalue weighted by Gasteiger charge is -2.36. The molecule has 2 atom stereocenters. The Morgan fingerprint density at radius 3 is 2.54 bits per heavy atom. The van der Waals surface area contributed by atoms with Crippen LogP contribution in [-0.2, 0) is 4.79 Å². The predicted molar refractivity (Wildman–Crippen MR) is 146 cm³/mol. The number of aromatic nitrogens is 2. The molecular weight excluding hydrogens is 474 g/mol. The van der Waals surface area contributed by atoms with Crippen molar-refractivity contribution in [1.82, 2.24) is 14.5 Å². The molecule has 2 unspecified atom stereocenters. The van der Waals surface area contributed by atoms with Crippen molar-refractivity contribution in [3.05, 3.63) is 76.4 Å². The van der Waals surface area contributed by atoms with Gasteiger partial charge < -0.3 is 4.90 Å². The van der Waals surface area contributed by atoms with Gasteiger partial charge in [0.15, 0.2) is 5.16 Å². The number of hydrogen-bond acceptors (Lipinski definition) is 5. The van der Waals surface area contributed by atoms with Crippen LogP contribution in [0.2, 0.25) is 0 Å². The van der Waals surface area contributed by atoms with Crippen molar-refractivity contribution < 1.29 is 4.79 Å². The standard InChI is InChI=1S/C28H29N3O2S2/c1-3-21-14-10-11-17-30(21)26(32)19(2)35-28-29-25-24(23(18-34-25)20-12-6-4-7-13-20)27(33)31(28)22-15-8-5-9-16-22/h4-9,12-13,15-16,18-19,21H,3,10-11,14,17H2,1-2H3. The van der Waals surface area contributed by atoms with Crippen LogP contribution in [0.25, 0.3) is 27.0 Å². The van der Waals surface area contributed by atoms with Crippen LogP contribution in [0.5, 0.6) is 0 Å². The number of likely N-dealkylation sites (tertiary alicyclic amines) is 1. The molecule has 5 nitrogen and oxygen atoms in total. The molecule has 0 saturated carbocycles. The number of hydrogen-bond donors (Lipinski definition) is 0. The number of thiophene rings is 1. The number of rotatable bonds is 6. The first-order valence-electron chi connectivity index (χ1n) is 12.2. The topological polar surface area (TPSA) is 55.2 Å². The Bertz CT molecular complexity index is 1380. The fraction of sp³-hybridized carbons (Fsp3) is 0.321. The van der Waals surface area contributed by atoms with Crippen LogP contribution in [0.3, 0.4) is 0 Å². The molecule has 2 aromatic carbocycles. The van der Waals surface area contributed by atoms with Crippen LogP contribution in [0.1, 0.15) is 39.5 Å². The fourth-order valence-corrected chi connectivity index (χ4v) is 6.83. The highest BCUT2D eigenvalue weighted by Gasteiger charge is 2.30. The Kier molecular flexibility index (Phi) is 7.07. The van der Waals surface area contributed by atoms with Crippen LogP contribution in [0.4, 0.5) is 0 Å². The van der Waals surface area contributed by atoms with E-state index in [9.17, 15) is 9.59 Å². The van der Waals surface area contributed by atoms with Gasteiger partial charge in [-0.15, -0.1) is 11.3 Å². The number of amides is 1. The van der Waals surface area contributed by atoms with Gasteiger partial charge in [-0.2, -0.15) is 0 Å². The number of benzene rings is 2. The number of para-hydroxylation sites is 1. The molecule has 1 aliphatic rings.